The number of carbonyl (C=O) groups is 1. The number of rotatable bonds is 2. The number of hydrogen-bond acceptors (Lipinski definition) is 2. The molecule has 1 saturated carbocycles. The lowest BCUT2D eigenvalue weighted by Gasteiger charge is -2.29. The molecule has 0 spiro atoms. The molecule has 1 aliphatic rings. The molecule has 0 aliphatic heterocycles. The maximum atomic E-state index is 10.9. The Morgan fingerprint density at radius 1 is 1.67 bits per heavy atom. The average Bonchev–Trinajstić information content (AvgIpc) is 2.32. The van der Waals surface area contributed by atoms with Crippen LogP contribution >= 0.6 is 0 Å². The second kappa shape index (κ2) is 3.05. The van der Waals surface area contributed by atoms with Crippen LogP contribution in [0, 0.1) is 11.8 Å². The molecule has 1 aliphatic carbocycles. The maximum absolute atomic E-state index is 10.9. The zero-order valence-electron chi connectivity index (χ0n) is 7.71. The van der Waals surface area contributed by atoms with E-state index in [9.17, 15) is 4.79 Å². The van der Waals surface area contributed by atoms with Gasteiger partial charge in [0.15, 0.2) is 0 Å². The molecule has 0 saturated heterocycles. The minimum Gasteiger partial charge on any atom is -0.480 e. The molecule has 0 aromatic heterocycles. The van der Waals surface area contributed by atoms with Crippen LogP contribution in [0.5, 0.6) is 0 Å². The van der Waals surface area contributed by atoms with E-state index >= 15 is 0 Å². The van der Waals surface area contributed by atoms with Gasteiger partial charge in [0.05, 0.1) is 0 Å². The SMILES string of the molecule is CC(C)[C@H]1CCC[C@]1(N)C(=O)O. The number of carboxylic acids is 1. The molecule has 3 N–H and O–H groups in total. The molecule has 1 fully saturated rings. The summed E-state index contributed by atoms with van der Waals surface area (Å²) in [5, 5.41) is 8.97. The van der Waals surface area contributed by atoms with Gasteiger partial charge < -0.3 is 10.8 Å². The summed E-state index contributed by atoms with van der Waals surface area (Å²) >= 11 is 0. The van der Waals surface area contributed by atoms with Crippen LogP contribution in [0.2, 0.25) is 0 Å². The van der Waals surface area contributed by atoms with Crippen LogP contribution in [-0.2, 0) is 4.79 Å². The lowest BCUT2D eigenvalue weighted by Crippen LogP contribution is -2.52. The van der Waals surface area contributed by atoms with Crippen LogP contribution in [0.4, 0.5) is 0 Å². The average molecular weight is 171 g/mol. The minimum absolute atomic E-state index is 0.148. The summed E-state index contributed by atoms with van der Waals surface area (Å²) in [5.74, 6) is -0.317. The Labute approximate surface area is 72.9 Å². The van der Waals surface area contributed by atoms with Crippen LogP contribution in [0.25, 0.3) is 0 Å². The second-order valence-electron chi connectivity index (χ2n) is 4.09. The van der Waals surface area contributed by atoms with Crippen LogP contribution in [-0.4, -0.2) is 16.6 Å². The fraction of sp³-hybridized carbons (Fsp3) is 0.889. The highest BCUT2D eigenvalue weighted by molar-refractivity contribution is 5.79. The van der Waals surface area contributed by atoms with Crippen LogP contribution in [0.3, 0.4) is 0 Å². The van der Waals surface area contributed by atoms with E-state index in [1.807, 2.05) is 13.8 Å². The second-order valence-corrected chi connectivity index (χ2v) is 4.09. The molecule has 0 aromatic carbocycles. The van der Waals surface area contributed by atoms with Crippen molar-refractivity contribution in [3.63, 3.8) is 0 Å². The summed E-state index contributed by atoms with van der Waals surface area (Å²) in [6.45, 7) is 4.08. The molecule has 70 valence electrons. The summed E-state index contributed by atoms with van der Waals surface area (Å²) in [6, 6.07) is 0. The van der Waals surface area contributed by atoms with Crippen molar-refractivity contribution in [3.05, 3.63) is 0 Å². The van der Waals surface area contributed by atoms with Crippen molar-refractivity contribution >= 4 is 5.97 Å². The van der Waals surface area contributed by atoms with Crippen molar-refractivity contribution in [2.75, 3.05) is 0 Å². The highest BCUT2D eigenvalue weighted by Gasteiger charge is 2.46. The first-order chi connectivity index (χ1) is 5.48. The summed E-state index contributed by atoms with van der Waals surface area (Å²) in [6.07, 6.45) is 2.54. The van der Waals surface area contributed by atoms with Crippen LogP contribution < -0.4 is 5.73 Å². The van der Waals surface area contributed by atoms with Gasteiger partial charge in [-0.2, -0.15) is 0 Å². The van der Waals surface area contributed by atoms with Gasteiger partial charge in [-0.15, -0.1) is 0 Å². The Morgan fingerprint density at radius 2 is 2.25 bits per heavy atom. The highest BCUT2D eigenvalue weighted by Crippen LogP contribution is 2.38. The standard InChI is InChI=1S/C9H17NO2/c1-6(2)7-4-3-5-9(7,10)8(11)12/h6-7H,3-5,10H2,1-2H3,(H,11,12)/t7-,9-/m1/s1. The molecule has 3 heteroatoms. The normalized spacial score (nSPS) is 35.8. The zero-order chi connectivity index (χ0) is 9.35. The van der Waals surface area contributed by atoms with E-state index in [0.29, 0.717) is 12.3 Å². The molecule has 0 radical (unpaired) electrons. The van der Waals surface area contributed by atoms with Gasteiger partial charge in [0.2, 0.25) is 0 Å². The molecule has 0 heterocycles. The first-order valence-electron chi connectivity index (χ1n) is 4.50. The van der Waals surface area contributed by atoms with Gasteiger partial charge in [-0.3, -0.25) is 4.79 Å². The number of carboxylic acid groups (broad SMARTS) is 1. The number of nitrogens with two attached hydrogens (primary N) is 1. The Hall–Kier alpha value is -0.570. The molecule has 0 unspecified atom stereocenters. The fourth-order valence-corrected chi connectivity index (χ4v) is 2.25. The van der Waals surface area contributed by atoms with Crippen molar-refractivity contribution in [2.24, 2.45) is 17.6 Å². The Bertz CT molecular complexity index is 191. The van der Waals surface area contributed by atoms with Crippen LogP contribution in [0.1, 0.15) is 33.1 Å². The molecule has 12 heavy (non-hydrogen) atoms. The Balaban J connectivity index is 2.81. The number of aliphatic carboxylic acids is 1. The fourth-order valence-electron chi connectivity index (χ4n) is 2.25. The predicted molar refractivity (Wildman–Crippen MR) is 46.7 cm³/mol. The highest BCUT2D eigenvalue weighted by atomic mass is 16.4. The lowest BCUT2D eigenvalue weighted by molar-refractivity contribution is -0.145. The van der Waals surface area contributed by atoms with Crippen LogP contribution in [0.15, 0.2) is 0 Å². The van der Waals surface area contributed by atoms with Crippen molar-refractivity contribution in [1.29, 1.82) is 0 Å². The first kappa shape index (κ1) is 9.52. The molecule has 0 amide bonds. The van der Waals surface area contributed by atoms with E-state index in [4.69, 9.17) is 10.8 Å². The summed E-state index contributed by atoms with van der Waals surface area (Å²) in [5.41, 5.74) is 4.90. The molecule has 2 atom stereocenters. The summed E-state index contributed by atoms with van der Waals surface area (Å²) in [4.78, 5) is 10.9. The van der Waals surface area contributed by atoms with Gasteiger partial charge in [-0.05, 0) is 24.7 Å². The van der Waals surface area contributed by atoms with Gasteiger partial charge in [0.25, 0.3) is 0 Å². The quantitative estimate of drug-likeness (QED) is 0.656. The molecule has 0 bridgehead atoms. The van der Waals surface area contributed by atoms with Gasteiger partial charge in [-0.25, -0.2) is 0 Å². The van der Waals surface area contributed by atoms with E-state index in [2.05, 4.69) is 0 Å². The van der Waals surface area contributed by atoms with Gasteiger partial charge >= 0.3 is 5.97 Å². The van der Waals surface area contributed by atoms with E-state index in [-0.39, 0.29) is 5.92 Å². The third-order valence-electron chi connectivity index (χ3n) is 2.97. The predicted octanol–water partition coefficient (Wildman–Crippen LogP) is 1.22. The van der Waals surface area contributed by atoms with E-state index in [0.717, 1.165) is 12.8 Å². The maximum Gasteiger partial charge on any atom is 0.323 e. The molecule has 0 aromatic rings. The van der Waals surface area contributed by atoms with Gasteiger partial charge in [0.1, 0.15) is 5.54 Å². The van der Waals surface area contributed by atoms with Crippen molar-refractivity contribution < 1.29 is 9.90 Å². The smallest absolute Gasteiger partial charge is 0.323 e. The third-order valence-corrected chi connectivity index (χ3v) is 2.97. The monoisotopic (exact) mass is 171 g/mol. The van der Waals surface area contributed by atoms with Crippen molar-refractivity contribution in [2.45, 2.75) is 38.6 Å². The summed E-state index contributed by atoms with van der Waals surface area (Å²) in [7, 11) is 0. The molecular weight excluding hydrogens is 154 g/mol. The molecule has 3 nitrogen and oxygen atoms in total. The van der Waals surface area contributed by atoms with Gasteiger partial charge in [0, 0.05) is 0 Å². The lowest BCUT2D eigenvalue weighted by atomic mass is 9.80. The van der Waals surface area contributed by atoms with E-state index in [1.54, 1.807) is 0 Å². The van der Waals surface area contributed by atoms with E-state index in [1.165, 1.54) is 0 Å². The Kier molecular flexibility index (Phi) is 2.42. The first-order valence-corrected chi connectivity index (χ1v) is 4.50. The molecule has 1 rings (SSSR count). The summed E-state index contributed by atoms with van der Waals surface area (Å²) < 4.78 is 0. The number of hydrogen-bond donors (Lipinski definition) is 2. The van der Waals surface area contributed by atoms with E-state index < -0.39 is 11.5 Å². The molecular formula is C9H17NO2. The third kappa shape index (κ3) is 1.33. The van der Waals surface area contributed by atoms with Crippen molar-refractivity contribution in [3.8, 4) is 0 Å². The zero-order valence-corrected chi connectivity index (χ0v) is 7.71. The Morgan fingerprint density at radius 3 is 2.58 bits per heavy atom. The van der Waals surface area contributed by atoms with Crippen molar-refractivity contribution in [1.82, 2.24) is 0 Å². The minimum atomic E-state index is -0.950. The topological polar surface area (TPSA) is 63.3 Å². The van der Waals surface area contributed by atoms with Gasteiger partial charge in [-0.1, -0.05) is 20.3 Å². The largest absolute Gasteiger partial charge is 0.480 e.